The smallest absolute Gasteiger partial charge is 0.124 e. The minimum Gasteiger partial charge on any atom is -0.493 e. The van der Waals surface area contributed by atoms with Gasteiger partial charge >= 0.3 is 0 Å². The average Bonchev–Trinajstić information content (AvgIpc) is 2.95. The van der Waals surface area contributed by atoms with Crippen LogP contribution in [0.15, 0.2) is 18.2 Å². The van der Waals surface area contributed by atoms with Gasteiger partial charge in [0, 0.05) is 29.8 Å². The summed E-state index contributed by atoms with van der Waals surface area (Å²) in [4.78, 5) is 0. The molecule has 2 nitrogen and oxygen atoms in total. The van der Waals surface area contributed by atoms with Crippen LogP contribution in [0.5, 0.6) is 5.75 Å². The number of hydrogen-bond acceptors (Lipinski definition) is 3. The summed E-state index contributed by atoms with van der Waals surface area (Å²) in [6, 6.07) is 6.40. The fourth-order valence-electron chi connectivity index (χ4n) is 2.51. The third-order valence-electron chi connectivity index (χ3n) is 3.72. The molecule has 0 amide bonds. The summed E-state index contributed by atoms with van der Waals surface area (Å²) in [6.07, 6.45) is 1.28. The number of rotatable bonds is 3. The van der Waals surface area contributed by atoms with Gasteiger partial charge in [-0.1, -0.05) is 19.1 Å². The molecule has 1 aromatic rings. The molecule has 1 aromatic carbocycles. The van der Waals surface area contributed by atoms with Gasteiger partial charge in [0.05, 0.1) is 6.61 Å². The Labute approximate surface area is 107 Å². The van der Waals surface area contributed by atoms with Gasteiger partial charge in [-0.05, 0) is 23.8 Å². The molecule has 17 heavy (non-hydrogen) atoms. The molecule has 0 aromatic heterocycles. The van der Waals surface area contributed by atoms with Gasteiger partial charge in [-0.2, -0.15) is 11.8 Å². The Hall–Kier alpha value is -0.670. The molecule has 1 unspecified atom stereocenters. The van der Waals surface area contributed by atoms with E-state index in [0.29, 0.717) is 5.41 Å². The lowest BCUT2D eigenvalue weighted by Crippen LogP contribution is -2.24. The number of fused-ring (bicyclic) bond motifs is 1. The topological polar surface area (TPSA) is 21.3 Å². The molecule has 0 spiro atoms. The molecular weight excluding hydrogens is 230 g/mol. The highest BCUT2D eigenvalue weighted by molar-refractivity contribution is 7.99. The SMILES string of the molecule is CC1(COc2cccc3c2CNC3)CCSC1. The molecule has 92 valence electrons. The molecule has 0 saturated carbocycles. The minimum absolute atomic E-state index is 0.374. The van der Waals surface area contributed by atoms with Crippen molar-refractivity contribution >= 4 is 11.8 Å². The second-order valence-corrected chi connectivity index (χ2v) is 6.50. The molecule has 2 heterocycles. The summed E-state index contributed by atoms with van der Waals surface area (Å²) in [5.41, 5.74) is 3.13. The number of ether oxygens (including phenoxy) is 1. The van der Waals surface area contributed by atoms with E-state index in [9.17, 15) is 0 Å². The highest BCUT2D eigenvalue weighted by Gasteiger charge is 2.30. The molecule has 2 aliphatic heterocycles. The molecule has 0 radical (unpaired) electrons. The Morgan fingerprint density at radius 1 is 1.41 bits per heavy atom. The fraction of sp³-hybridized carbons (Fsp3) is 0.571. The zero-order valence-electron chi connectivity index (χ0n) is 10.3. The van der Waals surface area contributed by atoms with Crippen LogP contribution in [0, 0.1) is 5.41 Å². The van der Waals surface area contributed by atoms with E-state index < -0.39 is 0 Å². The Kier molecular flexibility index (Phi) is 3.05. The van der Waals surface area contributed by atoms with Crippen molar-refractivity contribution in [3.8, 4) is 5.75 Å². The van der Waals surface area contributed by atoms with Crippen molar-refractivity contribution < 1.29 is 4.74 Å². The van der Waals surface area contributed by atoms with Gasteiger partial charge in [0.25, 0.3) is 0 Å². The first-order valence-electron chi connectivity index (χ1n) is 6.29. The van der Waals surface area contributed by atoms with Crippen molar-refractivity contribution in [3.63, 3.8) is 0 Å². The summed E-state index contributed by atoms with van der Waals surface area (Å²) in [5, 5.41) is 3.38. The normalized spacial score (nSPS) is 27.1. The Bertz CT molecular complexity index is 413. The van der Waals surface area contributed by atoms with Gasteiger partial charge in [-0.3, -0.25) is 0 Å². The maximum atomic E-state index is 6.08. The number of benzene rings is 1. The van der Waals surface area contributed by atoms with Gasteiger partial charge in [0.1, 0.15) is 5.75 Å². The zero-order chi connectivity index (χ0) is 11.7. The van der Waals surface area contributed by atoms with Crippen LogP contribution < -0.4 is 10.1 Å². The van der Waals surface area contributed by atoms with Gasteiger partial charge in [-0.25, -0.2) is 0 Å². The van der Waals surface area contributed by atoms with Crippen LogP contribution in [-0.4, -0.2) is 18.1 Å². The van der Waals surface area contributed by atoms with Crippen LogP contribution >= 0.6 is 11.8 Å². The van der Waals surface area contributed by atoms with Crippen LogP contribution in [0.25, 0.3) is 0 Å². The van der Waals surface area contributed by atoms with Gasteiger partial charge in [0.15, 0.2) is 0 Å². The van der Waals surface area contributed by atoms with Crippen LogP contribution in [0.2, 0.25) is 0 Å². The molecular formula is C14H19NOS. The fourth-order valence-corrected chi connectivity index (χ4v) is 4.01. The van der Waals surface area contributed by atoms with Crippen molar-refractivity contribution in [1.82, 2.24) is 5.32 Å². The van der Waals surface area contributed by atoms with Crippen molar-refractivity contribution in [2.45, 2.75) is 26.4 Å². The molecule has 3 rings (SSSR count). The molecule has 0 bridgehead atoms. The number of hydrogen-bond donors (Lipinski definition) is 1. The maximum absolute atomic E-state index is 6.08. The van der Waals surface area contributed by atoms with Gasteiger partial charge < -0.3 is 10.1 Å². The average molecular weight is 249 g/mol. The highest BCUT2D eigenvalue weighted by atomic mass is 32.2. The first-order chi connectivity index (χ1) is 8.27. The van der Waals surface area contributed by atoms with Crippen molar-refractivity contribution in [3.05, 3.63) is 29.3 Å². The molecule has 1 saturated heterocycles. The Balaban J connectivity index is 1.71. The maximum Gasteiger partial charge on any atom is 0.124 e. The molecule has 1 atom stereocenters. The third kappa shape index (κ3) is 2.31. The predicted octanol–water partition coefficient (Wildman–Crippen LogP) is 2.81. The molecule has 1 N–H and O–H groups in total. The van der Waals surface area contributed by atoms with E-state index in [-0.39, 0.29) is 0 Å². The largest absolute Gasteiger partial charge is 0.493 e. The lowest BCUT2D eigenvalue weighted by molar-refractivity contribution is 0.185. The van der Waals surface area contributed by atoms with Crippen LogP contribution in [0.4, 0.5) is 0 Å². The number of nitrogens with one attached hydrogen (secondary N) is 1. The van der Waals surface area contributed by atoms with Crippen molar-refractivity contribution in [1.29, 1.82) is 0 Å². The van der Waals surface area contributed by atoms with E-state index >= 15 is 0 Å². The monoisotopic (exact) mass is 249 g/mol. The summed E-state index contributed by atoms with van der Waals surface area (Å²) in [6.45, 7) is 5.14. The van der Waals surface area contributed by atoms with Gasteiger partial charge in [0.2, 0.25) is 0 Å². The predicted molar refractivity (Wildman–Crippen MR) is 72.5 cm³/mol. The van der Waals surface area contributed by atoms with Crippen molar-refractivity contribution in [2.24, 2.45) is 5.41 Å². The van der Waals surface area contributed by atoms with E-state index in [1.165, 1.54) is 29.1 Å². The first-order valence-corrected chi connectivity index (χ1v) is 7.44. The van der Waals surface area contributed by atoms with E-state index in [1.54, 1.807) is 0 Å². The molecule has 0 aliphatic carbocycles. The number of thioether (sulfide) groups is 1. The van der Waals surface area contributed by atoms with E-state index in [1.807, 2.05) is 11.8 Å². The summed E-state index contributed by atoms with van der Waals surface area (Å²) in [7, 11) is 0. The lowest BCUT2D eigenvalue weighted by atomic mass is 9.91. The molecule has 1 fully saturated rings. The van der Waals surface area contributed by atoms with Crippen LogP contribution in [0.1, 0.15) is 24.5 Å². The van der Waals surface area contributed by atoms with E-state index in [4.69, 9.17) is 4.74 Å². The summed E-state index contributed by atoms with van der Waals surface area (Å²) in [5.74, 6) is 3.61. The first kappa shape index (κ1) is 11.4. The molecule has 2 aliphatic rings. The Morgan fingerprint density at radius 3 is 3.18 bits per heavy atom. The van der Waals surface area contributed by atoms with E-state index in [0.717, 1.165) is 25.4 Å². The lowest BCUT2D eigenvalue weighted by Gasteiger charge is -2.23. The second-order valence-electron chi connectivity index (χ2n) is 5.40. The minimum atomic E-state index is 0.374. The summed E-state index contributed by atoms with van der Waals surface area (Å²) < 4.78 is 6.08. The molecule has 3 heteroatoms. The zero-order valence-corrected chi connectivity index (χ0v) is 11.1. The standard InChI is InChI=1S/C14H19NOS/c1-14(5-6-17-10-14)9-16-13-4-2-3-11-7-15-8-12(11)13/h2-4,15H,5-10H2,1H3. The van der Waals surface area contributed by atoms with Crippen LogP contribution in [-0.2, 0) is 13.1 Å². The summed E-state index contributed by atoms with van der Waals surface area (Å²) >= 11 is 2.05. The van der Waals surface area contributed by atoms with Gasteiger partial charge in [-0.15, -0.1) is 0 Å². The van der Waals surface area contributed by atoms with Crippen LogP contribution in [0.3, 0.4) is 0 Å². The quantitative estimate of drug-likeness (QED) is 0.890. The highest BCUT2D eigenvalue weighted by Crippen LogP contribution is 2.36. The van der Waals surface area contributed by atoms with Crippen molar-refractivity contribution in [2.75, 3.05) is 18.1 Å². The third-order valence-corrected chi connectivity index (χ3v) is 5.12. The second kappa shape index (κ2) is 4.54. The Morgan fingerprint density at radius 2 is 2.35 bits per heavy atom. The van der Waals surface area contributed by atoms with E-state index in [2.05, 4.69) is 30.4 Å².